The lowest BCUT2D eigenvalue weighted by Crippen LogP contribution is -2.43. The standard InChI is InChI=1S/C19H22N6O2/c1-13(27-14-7-5-4-6-8-14)19(26)25-10-9-16-15(11-25)17(22-24(16)3)18-21-20-12-23(18)2/h4-8,12-13H,9-11H2,1-3H3. The molecule has 2 aromatic heterocycles. The van der Waals surface area contributed by atoms with Gasteiger partial charge < -0.3 is 14.2 Å². The SMILES string of the molecule is CC(Oc1ccccc1)C(=O)N1CCc2c(c(-c3nncn3C)nn2C)C1. The Balaban J connectivity index is 1.56. The predicted molar refractivity (Wildman–Crippen MR) is 98.9 cm³/mol. The van der Waals surface area contributed by atoms with Crippen molar-refractivity contribution in [2.45, 2.75) is 26.0 Å². The fourth-order valence-corrected chi connectivity index (χ4v) is 3.47. The van der Waals surface area contributed by atoms with Crippen LogP contribution in [-0.4, -0.2) is 48.0 Å². The summed E-state index contributed by atoms with van der Waals surface area (Å²) in [7, 11) is 3.81. The summed E-state index contributed by atoms with van der Waals surface area (Å²) in [5.74, 6) is 1.37. The number of hydrogen-bond donors (Lipinski definition) is 0. The molecule has 0 saturated heterocycles. The van der Waals surface area contributed by atoms with Gasteiger partial charge in [0.1, 0.15) is 17.8 Å². The summed E-state index contributed by atoms with van der Waals surface area (Å²) < 4.78 is 9.52. The summed E-state index contributed by atoms with van der Waals surface area (Å²) in [4.78, 5) is 14.8. The van der Waals surface area contributed by atoms with E-state index in [2.05, 4.69) is 15.3 Å². The highest BCUT2D eigenvalue weighted by Gasteiger charge is 2.31. The van der Waals surface area contributed by atoms with Crippen LogP contribution in [-0.2, 0) is 31.9 Å². The van der Waals surface area contributed by atoms with E-state index < -0.39 is 6.10 Å². The van der Waals surface area contributed by atoms with Crippen molar-refractivity contribution in [3.8, 4) is 17.3 Å². The average Bonchev–Trinajstić information content (AvgIpc) is 3.24. The topological polar surface area (TPSA) is 78.1 Å². The third kappa shape index (κ3) is 3.18. The zero-order valence-electron chi connectivity index (χ0n) is 15.7. The molecule has 0 radical (unpaired) electrons. The smallest absolute Gasteiger partial charge is 0.263 e. The lowest BCUT2D eigenvalue weighted by Gasteiger charge is -2.30. The molecule has 27 heavy (non-hydrogen) atoms. The normalized spacial score (nSPS) is 14.7. The predicted octanol–water partition coefficient (Wildman–Crippen LogP) is 1.57. The molecule has 8 nitrogen and oxygen atoms in total. The molecule has 0 N–H and O–H groups in total. The molecule has 1 aliphatic heterocycles. The first-order valence-electron chi connectivity index (χ1n) is 8.94. The molecule has 4 rings (SSSR count). The van der Waals surface area contributed by atoms with E-state index in [0.717, 1.165) is 23.4 Å². The van der Waals surface area contributed by atoms with Crippen molar-refractivity contribution in [1.29, 1.82) is 0 Å². The van der Waals surface area contributed by atoms with Crippen LogP contribution >= 0.6 is 0 Å². The van der Waals surface area contributed by atoms with Gasteiger partial charge in [-0.05, 0) is 19.1 Å². The van der Waals surface area contributed by atoms with E-state index in [1.54, 1.807) is 13.3 Å². The average molecular weight is 366 g/mol. The third-order valence-corrected chi connectivity index (χ3v) is 4.88. The Kier molecular flexibility index (Phi) is 4.39. The minimum atomic E-state index is -0.552. The van der Waals surface area contributed by atoms with Crippen LogP contribution < -0.4 is 4.74 Å². The highest BCUT2D eigenvalue weighted by atomic mass is 16.5. The number of fused-ring (bicyclic) bond motifs is 1. The van der Waals surface area contributed by atoms with Gasteiger partial charge in [0.15, 0.2) is 11.9 Å². The number of para-hydroxylation sites is 1. The molecule has 1 atom stereocenters. The van der Waals surface area contributed by atoms with Crippen LogP contribution in [0, 0.1) is 0 Å². The van der Waals surface area contributed by atoms with E-state index >= 15 is 0 Å². The maximum atomic E-state index is 12.9. The molecule has 1 aromatic carbocycles. The molecule has 1 amide bonds. The Morgan fingerprint density at radius 3 is 2.70 bits per heavy atom. The lowest BCUT2D eigenvalue weighted by atomic mass is 10.0. The van der Waals surface area contributed by atoms with Crippen LogP contribution in [0.15, 0.2) is 36.7 Å². The van der Waals surface area contributed by atoms with Gasteiger partial charge in [-0.2, -0.15) is 5.10 Å². The van der Waals surface area contributed by atoms with Gasteiger partial charge >= 0.3 is 0 Å². The number of aryl methyl sites for hydroxylation is 2. The van der Waals surface area contributed by atoms with Gasteiger partial charge in [-0.15, -0.1) is 10.2 Å². The molecule has 3 aromatic rings. The minimum absolute atomic E-state index is 0.0303. The van der Waals surface area contributed by atoms with Crippen molar-refractivity contribution in [1.82, 2.24) is 29.4 Å². The van der Waals surface area contributed by atoms with E-state index in [0.29, 0.717) is 24.7 Å². The minimum Gasteiger partial charge on any atom is -0.481 e. The van der Waals surface area contributed by atoms with Gasteiger partial charge in [0.25, 0.3) is 5.91 Å². The van der Waals surface area contributed by atoms with Gasteiger partial charge in [-0.25, -0.2) is 0 Å². The van der Waals surface area contributed by atoms with Gasteiger partial charge in [-0.1, -0.05) is 18.2 Å². The Morgan fingerprint density at radius 2 is 2.00 bits per heavy atom. The number of carbonyl (C=O) groups excluding carboxylic acids is 1. The van der Waals surface area contributed by atoms with Gasteiger partial charge in [0, 0.05) is 44.9 Å². The van der Waals surface area contributed by atoms with Crippen LogP contribution in [0.25, 0.3) is 11.5 Å². The number of ether oxygens (including phenoxy) is 1. The fourth-order valence-electron chi connectivity index (χ4n) is 3.47. The molecular weight excluding hydrogens is 344 g/mol. The fraction of sp³-hybridized carbons (Fsp3) is 0.368. The summed E-state index contributed by atoms with van der Waals surface area (Å²) in [6, 6.07) is 9.41. The highest BCUT2D eigenvalue weighted by molar-refractivity contribution is 5.81. The monoisotopic (exact) mass is 366 g/mol. The molecule has 8 heteroatoms. The molecule has 140 valence electrons. The van der Waals surface area contributed by atoms with Crippen molar-refractivity contribution in [2.24, 2.45) is 14.1 Å². The summed E-state index contributed by atoms with van der Waals surface area (Å²) in [6.07, 6.45) is 1.85. The maximum Gasteiger partial charge on any atom is 0.263 e. The first kappa shape index (κ1) is 17.3. The molecule has 0 fully saturated rings. The molecule has 0 saturated carbocycles. The number of amides is 1. The molecule has 0 spiro atoms. The molecule has 0 bridgehead atoms. The highest BCUT2D eigenvalue weighted by Crippen LogP contribution is 2.28. The van der Waals surface area contributed by atoms with Crippen LogP contribution in [0.4, 0.5) is 0 Å². The summed E-state index contributed by atoms with van der Waals surface area (Å²) in [5.41, 5.74) is 2.94. The van der Waals surface area contributed by atoms with Crippen molar-refractivity contribution < 1.29 is 9.53 Å². The van der Waals surface area contributed by atoms with E-state index in [9.17, 15) is 4.79 Å². The van der Waals surface area contributed by atoms with E-state index in [-0.39, 0.29) is 5.91 Å². The van der Waals surface area contributed by atoms with Gasteiger partial charge in [0.05, 0.1) is 0 Å². The number of benzene rings is 1. The largest absolute Gasteiger partial charge is 0.481 e. The number of aromatic nitrogens is 5. The van der Waals surface area contributed by atoms with Gasteiger partial charge in [0.2, 0.25) is 0 Å². The number of nitrogens with zero attached hydrogens (tertiary/aromatic N) is 6. The second-order valence-corrected chi connectivity index (χ2v) is 6.75. The van der Waals surface area contributed by atoms with Crippen molar-refractivity contribution in [3.05, 3.63) is 47.9 Å². The van der Waals surface area contributed by atoms with Crippen LogP contribution in [0.3, 0.4) is 0 Å². The summed E-state index contributed by atoms with van der Waals surface area (Å²) in [6.45, 7) is 2.93. The summed E-state index contributed by atoms with van der Waals surface area (Å²) >= 11 is 0. The zero-order chi connectivity index (χ0) is 19.0. The first-order valence-corrected chi connectivity index (χ1v) is 8.94. The zero-order valence-corrected chi connectivity index (χ0v) is 15.7. The van der Waals surface area contributed by atoms with E-state index in [1.165, 1.54) is 0 Å². The summed E-state index contributed by atoms with van der Waals surface area (Å²) in [5, 5.41) is 12.8. The Morgan fingerprint density at radius 1 is 1.22 bits per heavy atom. The lowest BCUT2D eigenvalue weighted by molar-refractivity contribution is -0.138. The Bertz CT molecular complexity index is 962. The molecule has 1 aliphatic rings. The van der Waals surface area contributed by atoms with Crippen LogP contribution in [0.2, 0.25) is 0 Å². The second kappa shape index (κ2) is 6.86. The third-order valence-electron chi connectivity index (χ3n) is 4.88. The maximum absolute atomic E-state index is 12.9. The number of carbonyl (C=O) groups is 1. The molecule has 1 unspecified atom stereocenters. The Labute approximate surface area is 157 Å². The quantitative estimate of drug-likeness (QED) is 0.700. The molecular formula is C19H22N6O2. The first-order chi connectivity index (χ1) is 13.0. The van der Waals surface area contributed by atoms with Crippen molar-refractivity contribution in [2.75, 3.05) is 6.54 Å². The number of hydrogen-bond acceptors (Lipinski definition) is 5. The second-order valence-electron chi connectivity index (χ2n) is 6.75. The van der Waals surface area contributed by atoms with Gasteiger partial charge in [-0.3, -0.25) is 9.48 Å². The molecule has 3 heterocycles. The van der Waals surface area contributed by atoms with E-state index in [1.807, 2.05) is 58.6 Å². The Hall–Kier alpha value is -3.16. The molecule has 0 aliphatic carbocycles. The van der Waals surface area contributed by atoms with E-state index in [4.69, 9.17) is 4.74 Å². The van der Waals surface area contributed by atoms with Crippen molar-refractivity contribution in [3.63, 3.8) is 0 Å². The number of rotatable bonds is 4. The van der Waals surface area contributed by atoms with Crippen LogP contribution in [0.5, 0.6) is 5.75 Å². The van der Waals surface area contributed by atoms with Crippen LogP contribution in [0.1, 0.15) is 18.2 Å². The van der Waals surface area contributed by atoms with Crippen molar-refractivity contribution >= 4 is 5.91 Å².